The molecule has 0 saturated heterocycles. The van der Waals surface area contributed by atoms with Crippen molar-refractivity contribution in [1.29, 1.82) is 0 Å². The third kappa shape index (κ3) is 1.99. The van der Waals surface area contributed by atoms with E-state index in [0.717, 1.165) is 17.9 Å². The first-order valence-corrected chi connectivity index (χ1v) is 6.13. The minimum absolute atomic E-state index is 0.685. The van der Waals surface area contributed by atoms with E-state index < -0.39 is 0 Å². The van der Waals surface area contributed by atoms with Crippen molar-refractivity contribution < 1.29 is 0 Å². The number of aromatic nitrogens is 4. The Morgan fingerprint density at radius 2 is 2.29 bits per heavy atom. The number of imidazole rings is 1. The van der Waals surface area contributed by atoms with Crippen molar-refractivity contribution in [3.63, 3.8) is 0 Å². The van der Waals surface area contributed by atoms with Crippen molar-refractivity contribution in [2.45, 2.75) is 13.5 Å². The predicted octanol–water partition coefficient (Wildman–Crippen LogP) is 2.33. The lowest BCUT2D eigenvalue weighted by atomic mass is 10.3. The summed E-state index contributed by atoms with van der Waals surface area (Å²) >= 11 is 1.74. The number of thiophene rings is 1. The molecule has 0 aliphatic carbocycles. The van der Waals surface area contributed by atoms with Crippen molar-refractivity contribution >= 4 is 28.3 Å². The van der Waals surface area contributed by atoms with Gasteiger partial charge in [-0.3, -0.25) is 0 Å². The standard InChI is InChI=1S/C11H11N5S/c1-7-2-8(17-4-7)3-12-10-9-11(14-5-13-9)16-6-15-10/h2,4-6H,3H2,1H3,(H2,12,13,14,15,16). The van der Waals surface area contributed by atoms with Crippen LogP contribution in [-0.4, -0.2) is 19.9 Å². The molecule has 0 spiro atoms. The Balaban J connectivity index is 1.83. The van der Waals surface area contributed by atoms with Crippen LogP contribution in [0, 0.1) is 6.92 Å². The number of anilines is 1. The number of aryl methyl sites for hydroxylation is 1. The molecule has 3 rings (SSSR count). The maximum atomic E-state index is 4.21. The van der Waals surface area contributed by atoms with Gasteiger partial charge in [0, 0.05) is 4.88 Å². The van der Waals surface area contributed by atoms with E-state index in [2.05, 4.69) is 43.6 Å². The quantitative estimate of drug-likeness (QED) is 0.743. The summed E-state index contributed by atoms with van der Waals surface area (Å²) in [4.78, 5) is 16.7. The van der Waals surface area contributed by atoms with Gasteiger partial charge in [-0.25, -0.2) is 15.0 Å². The summed E-state index contributed by atoms with van der Waals surface area (Å²) in [6, 6.07) is 2.17. The molecule has 0 aliphatic rings. The second-order valence-electron chi connectivity index (χ2n) is 3.77. The summed E-state index contributed by atoms with van der Waals surface area (Å²) in [5.41, 5.74) is 2.83. The van der Waals surface area contributed by atoms with Gasteiger partial charge in [-0.1, -0.05) is 0 Å². The molecular weight excluding hydrogens is 234 g/mol. The average molecular weight is 245 g/mol. The summed E-state index contributed by atoms with van der Waals surface area (Å²) in [5.74, 6) is 0.790. The minimum Gasteiger partial charge on any atom is -0.363 e. The summed E-state index contributed by atoms with van der Waals surface area (Å²) in [5, 5.41) is 5.43. The third-order valence-electron chi connectivity index (χ3n) is 2.44. The second-order valence-corrected chi connectivity index (χ2v) is 4.76. The zero-order valence-corrected chi connectivity index (χ0v) is 10.1. The maximum absolute atomic E-state index is 4.21. The number of H-pyrrole nitrogens is 1. The first-order valence-electron chi connectivity index (χ1n) is 5.25. The SMILES string of the molecule is Cc1csc(CNc2ncnc3nc[nH]c23)c1. The maximum Gasteiger partial charge on any atom is 0.182 e. The van der Waals surface area contributed by atoms with Crippen molar-refractivity contribution in [2.24, 2.45) is 0 Å². The Labute approximate surface area is 102 Å². The first-order chi connectivity index (χ1) is 8.33. The number of fused-ring (bicyclic) bond motifs is 1. The lowest BCUT2D eigenvalue weighted by Gasteiger charge is -2.03. The Morgan fingerprint density at radius 3 is 3.12 bits per heavy atom. The van der Waals surface area contributed by atoms with Crippen LogP contribution in [0.15, 0.2) is 24.1 Å². The number of nitrogens with zero attached hydrogens (tertiary/aromatic N) is 3. The van der Waals surface area contributed by atoms with Gasteiger partial charge in [0.1, 0.15) is 11.8 Å². The summed E-state index contributed by atoms with van der Waals surface area (Å²) in [7, 11) is 0. The van der Waals surface area contributed by atoms with Gasteiger partial charge < -0.3 is 10.3 Å². The van der Waals surface area contributed by atoms with Crippen LogP contribution < -0.4 is 5.32 Å². The van der Waals surface area contributed by atoms with Crippen LogP contribution in [0.25, 0.3) is 11.2 Å². The average Bonchev–Trinajstić information content (AvgIpc) is 2.94. The van der Waals surface area contributed by atoms with Crippen LogP contribution in [0.4, 0.5) is 5.82 Å². The van der Waals surface area contributed by atoms with Crippen molar-refractivity contribution in [1.82, 2.24) is 19.9 Å². The smallest absolute Gasteiger partial charge is 0.182 e. The number of aromatic amines is 1. The van der Waals surface area contributed by atoms with E-state index in [0.29, 0.717) is 5.65 Å². The molecule has 0 saturated carbocycles. The Morgan fingerprint density at radius 1 is 1.35 bits per heavy atom. The summed E-state index contributed by atoms with van der Waals surface area (Å²) < 4.78 is 0. The molecule has 17 heavy (non-hydrogen) atoms. The second kappa shape index (κ2) is 4.14. The molecule has 0 fully saturated rings. The number of hydrogen-bond donors (Lipinski definition) is 2. The zero-order valence-electron chi connectivity index (χ0n) is 9.27. The molecule has 3 aromatic rings. The van der Waals surface area contributed by atoms with Gasteiger partial charge in [0.15, 0.2) is 11.5 Å². The molecule has 0 unspecified atom stereocenters. The lowest BCUT2D eigenvalue weighted by molar-refractivity contribution is 1.12. The molecule has 2 N–H and O–H groups in total. The summed E-state index contributed by atoms with van der Waals surface area (Å²) in [6.45, 7) is 2.86. The molecule has 0 aliphatic heterocycles. The molecule has 3 heterocycles. The molecule has 0 bridgehead atoms. The van der Waals surface area contributed by atoms with E-state index in [-0.39, 0.29) is 0 Å². The fourth-order valence-corrected chi connectivity index (χ4v) is 2.47. The first kappa shape index (κ1) is 10.2. The molecule has 0 radical (unpaired) electrons. The van der Waals surface area contributed by atoms with Gasteiger partial charge in [-0.15, -0.1) is 11.3 Å². The van der Waals surface area contributed by atoms with E-state index in [1.165, 1.54) is 16.8 Å². The number of hydrogen-bond acceptors (Lipinski definition) is 5. The molecule has 0 amide bonds. The van der Waals surface area contributed by atoms with Crippen molar-refractivity contribution in [3.05, 3.63) is 34.5 Å². The highest BCUT2D eigenvalue weighted by molar-refractivity contribution is 7.10. The lowest BCUT2D eigenvalue weighted by Crippen LogP contribution is -2.01. The van der Waals surface area contributed by atoms with E-state index in [9.17, 15) is 0 Å². The number of nitrogens with one attached hydrogen (secondary N) is 2. The molecule has 0 atom stereocenters. The fourth-order valence-electron chi connectivity index (χ4n) is 1.65. The Kier molecular flexibility index (Phi) is 2.49. The van der Waals surface area contributed by atoms with Crippen LogP contribution >= 0.6 is 11.3 Å². The highest BCUT2D eigenvalue weighted by Gasteiger charge is 2.05. The van der Waals surface area contributed by atoms with Gasteiger partial charge in [0.05, 0.1) is 12.9 Å². The highest BCUT2D eigenvalue weighted by Crippen LogP contribution is 2.18. The monoisotopic (exact) mass is 245 g/mol. The molecule has 3 aromatic heterocycles. The Hall–Kier alpha value is -1.95. The van der Waals surface area contributed by atoms with Gasteiger partial charge in [0.25, 0.3) is 0 Å². The van der Waals surface area contributed by atoms with E-state index in [1.54, 1.807) is 17.7 Å². The normalized spacial score (nSPS) is 10.9. The summed E-state index contributed by atoms with van der Waals surface area (Å²) in [6.07, 6.45) is 3.14. The fraction of sp³-hybridized carbons (Fsp3) is 0.182. The molecular formula is C11H11N5S. The predicted molar refractivity (Wildman–Crippen MR) is 68.1 cm³/mol. The topological polar surface area (TPSA) is 66.5 Å². The van der Waals surface area contributed by atoms with E-state index in [1.807, 2.05) is 0 Å². The molecule has 6 heteroatoms. The van der Waals surface area contributed by atoms with Crippen LogP contribution in [0.5, 0.6) is 0 Å². The molecule has 5 nitrogen and oxygen atoms in total. The van der Waals surface area contributed by atoms with Gasteiger partial charge in [-0.2, -0.15) is 0 Å². The highest BCUT2D eigenvalue weighted by atomic mass is 32.1. The van der Waals surface area contributed by atoms with E-state index in [4.69, 9.17) is 0 Å². The van der Waals surface area contributed by atoms with Crippen molar-refractivity contribution in [2.75, 3.05) is 5.32 Å². The number of rotatable bonds is 3. The minimum atomic E-state index is 0.685. The van der Waals surface area contributed by atoms with Crippen LogP contribution in [-0.2, 0) is 6.54 Å². The van der Waals surface area contributed by atoms with Crippen LogP contribution in [0.1, 0.15) is 10.4 Å². The third-order valence-corrected chi connectivity index (χ3v) is 3.49. The van der Waals surface area contributed by atoms with Crippen LogP contribution in [0.3, 0.4) is 0 Å². The van der Waals surface area contributed by atoms with Crippen molar-refractivity contribution in [3.8, 4) is 0 Å². The zero-order chi connectivity index (χ0) is 11.7. The van der Waals surface area contributed by atoms with Gasteiger partial charge >= 0.3 is 0 Å². The van der Waals surface area contributed by atoms with E-state index >= 15 is 0 Å². The largest absolute Gasteiger partial charge is 0.363 e. The van der Waals surface area contributed by atoms with Gasteiger partial charge in [0.2, 0.25) is 0 Å². The Bertz CT molecular complexity index is 642. The van der Waals surface area contributed by atoms with Gasteiger partial charge in [-0.05, 0) is 23.9 Å². The van der Waals surface area contributed by atoms with Crippen LogP contribution in [0.2, 0.25) is 0 Å². The molecule has 0 aromatic carbocycles. The molecule has 86 valence electrons.